The van der Waals surface area contributed by atoms with Gasteiger partial charge in [-0.15, -0.1) is 0 Å². The van der Waals surface area contributed by atoms with Crippen LogP contribution in [0.5, 0.6) is 0 Å². The van der Waals surface area contributed by atoms with E-state index in [1.165, 1.54) is 12.8 Å². The fourth-order valence-electron chi connectivity index (χ4n) is 2.89. The minimum Gasteiger partial charge on any atom is -0.316 e. The Morgan fingerprint density at radius 2 is 2.12 bits per heavy atom. The van der Waals surface area contributed by atoms with Crippen molar-refractivity contribution in [3.63, 3.8) is 0 Å². The molecule has 0 spiro atoms. The lowest BCUT2D eigenvalue weighted by molar-refractivity contribution is 0.181. The summed E-state index contributed by atoms with van der Waals surface area (Å²) < 4.78 is 22.7. The molecule has 0 aliphatic carbocycles. The van der Waals surface area contributed by atoms with E-state index in [0.29, 0.717) is 12.5 Å². The van der Waals surface area contributed by atoms with Gasteiger partial charge in [-0.1, -0.05) is 0 Å². The first-order valence-electron chi connectivity index (χ1n) is 6.50. The minimum atomic E-state index is -3.36. The van der Waals surface area contributed by atoms with E-state index in [0.717, 1.165) is 39.0 Å². The molecule has 0 radical (unpaired) electrons. The van der Waals surface area contributed by atoms with E-state index in [-0.39, 0.29) is 5.25 Å². The molecule has 0 aromatic rings. The highest BCUT2D eigenvalue weighted by molar-refractivity contribution is 7.89. The van der Waals surface area contributed by atoms with Gasteiger partial charge in [0.1, 0.15) is 0 Å². The molecular formula is C11H23N3O2S. The van der Waals surface area contributed by atoms with Gasteiger partial charge < -0.3 is 10.2 Å². The molecule has 0 bridgehead atoms. The topological polar surface area (TPSA) is 75.4 Å². The van der Waals surface area contributed by atoms with Crippen LogP contribution in [-0.2, 0) is 10.0 Å². The lowest BCUT2D eigenvalue weighted by atomic mass is 9.98. The quantitative estimate of drug-likeness (QED) is 0.734. The normalized spacial score (nSPS) is 32.5. The number of hydrogen-bond acceptors (Lipinski definition) is 4. The Morgan fingerprint density at radius 3 is 2.76 bits per heavy atom. The van der Waals surface area contributed by atoms with E-state index < -0.39 is 10.0 Å². The van der Waals surface area contributed by atoms with Crippen molar-refractivity contribution in [1.82, 2.24) is 10.2 Å². The van der Waals surface area contributed by atoms with E-state index in [4.69, 9.17) is 5.14 Å². The SMILES string of the molecule is NS(=O)(=O)C1CCCN(CC2CCCNC2)C1. The molecule has 2 rings (SSSR count). The second-order valence-electron chi connectivity index (χ2n) is 5.33. The zero-order valence-electron chi connectivity index (χ0n) is 10.3. The van der Waals surface area contributed by atoms with E-state index >= 15 is 0 Å². The van der Waals surface area contributed by atoms with Gasteiger partial charge in [0.05, 0.1) is 5.25 Å². The summed E-state index contributed by atoms with van der Waals surface area (Å²) in [6.07, 6.45) is 4.15. The molecule has 2 aliphatic heterocycles. The van der Waals surface area contributed by atoms with Crippen LogP contribution in [-0.4, -0.2) is 51.3 Å². The molecule has 3 N–H and O–H groups in total. The summed E-state index contributed by atoms with van der Waals surface area (Å²) in [7, 11) is -3.36. The first-order valence-corrected chi connectivity index (χ1v) is 8.11. The predicted octanol–water partition coefficient (Wildman–Crippen LogP) is -0.261. The number of hydrogen-bond donors (Lipinski definition) is 2. The Balaban J connectivity index is 1.84. The molecule has 6 heteroatoms. The predicted molar refractivity (Wildman–Crippen MR) is 68.2 cm³/mol. The summed E-state index contributed by atoms with van der Waals surface area (Å²) in [6, 6.07) is 0. The lowest BCUT2D eigenvalue weighted by Crippen LogP contribution is -2.47. The zero-order chi connectivity index (χ0) is 12.3. The van der Waals surface area contributed by atoms with Crippen LogP contribution in [0.1, 0.15) is 25.7 Å². The molecule has 2 saturated heterocycles. The molecule has 0 amide bonds. The van der Waals surface area contributed by atoms with E-state index in [1.807, 2.05) is 0 Å². The average molecular weight is 261 g/mol. The summed E-state index contributed by atoms with van der Waals surface area (Å²) in [5, 5.41) is 8.28. The van der Waals surface area contributed by atoms with Crippen molar-refractivity contribution in [2.45, 2.75) is 30.9 Å². The summed E-state index contributed by atoms with van der Waals surface area (Å²) >= 11 is 0. The lowest BCUT2D eigenvalue weighted by Gasteiger charge is -2.35. The van der Waals surface area contributed by atoms with Crippen molar-refractivity contribution < 1.29 is 8.42 Å². The van der Waals surface area contributed by atoms with E-state index in [1.54, 1.807) is 0 Å². The molecule has 2 aliphatic rings. The second-order valence-corrected chi connectivity index (χ2v) is 7.17. The van der Waals surface area contributed by atoms with Crippen molar-refractivity contribution in [3.05, 3.63) is 0 Å². The van der Waals surface area contributed by atoms with Gasteiger partial charge >= 0.3 is 0 Å². The highest BCUT2D eigenvalue weighted by Crippen LogP contribution is 2.18. The Morgan fingerprint density at radius 1 is 1.29 bits per heavy atom. The van der Waals surface area contributed by atoms with Crippen molar-refractivity contribution in [3.8, 4) is 0 Å². The molecule has 2 unspecified atom stereocenters. The second kappa shape index (κ2) is 5.65. The molecule has 5 nitrogen and oxygen atoms in total. The van der Waals surface area contributed by atoms with Crippen molar-refractivity contribution in [2.75, 3.05) is 32.7 Å². The van der Waals surface area contributed by atoms with Gasteiger partial charge in [0.2, 0.25) is 10.0 Å². The van der Waals surface area contributed by atoms with Crippen molar-refractivity contribution >= 4 is 10.0 Å². The van der Waals surface area contributed by atoms with E-state index in [2.05, 4.69) is 10.2 Å². The smallest absolute Gasteiger partial charge is 0.213 e. The molecule has 2 fully saturated rings. The van der Waals surface area contributed by atoms with Gasteiger partial charge in [-0.05, 0) is 51.2 Å². The van der Waals surface area contributed by atoms with Gasteiger partial charge in [0.25, 0.3) is 0 Å². The van der Waals surface area contributed by atoms with Crippen LogP contribution in [0.3, 0.4) is 0 Å². The number of piperidine rings is 2. The highest BCUT2D eigenvalue weighted by atomic mass is 32.2. The average Bonchev–Trinajstić information content (AvgIpc) is 2.29. The number of nitrogens with zero attached hydrogens (tertiary/aromatic N) is 1. The van der Waals surface area contributed by atoms with Gasteiger partial charge in [-0.2, -0.15) is 0 Å². The summed E-state index contributed by atoms with van der Waals surface area (Å²) in [4.78, 5) is 2.27. The fraction of sp³-hybridized carbons (Fsp3) is 1.00. The monoisotopic (exact) mass is 261 g/mol. The number of primary sulfonamides is 1. The first kappa shape index (κ1) is 13.3. The molecule has 2 atom stereocenters. The summed E-state index contributed by atoms with van der Waals surface area (Å²) in [5.41, 5.74) is 0. The van der Waals surface area contributed by atoms with Gasteiger partial charge in [-0.3, -0.25) is 0 Å². The number of sulfonamides is 1. The van der Waals surface area contributed by atoms with Gasteiger partial charge in [0.15, 0.2) is 0 Å². The molecule has 100 valence electrons. The van der Waals surface area contributed by atoms with E-state index in [9.17, 15) is 8.42 Å². The Hall–Kier alpha value is -0.170. The molecule has 0 saturated carbocycles. The maximum atomic E-state index is 11.4. The third kappa shape index (κ3) is 3.91. The number of rotatable bonds is 3. The van der Waals surface area contributed by atoms with Crippen LogP contribution in [0.25, 0.3) is 0 Å². The van der Waals surface area contributed by atoms with Crippen LogP contribution < -0.4 is 10.5 Å². The number of nitrogens with two attached hydrogens (primary N) is 1. The van der Waals surface area contributed by atoms with Crippen molar-refractivity contribution in [2.24, 2.45) is 11.1 Å². The van der Waals surface area contributed by atoms with Crippen LogP contribution in [0.4, 0.5) is 0 Å². The molecule has 2 heterocycles. The molecular weight excluding hydrogens is 238 g/mol. The minimum absolute atomic E-state index is 0.354. The highest BCUT2D eigenvalue weighted by Gasteiger charge is 2.29. The zero-order valence-corrected chi connectivity index (χ0v) is 11.1. The van der Waals surface area contributed by atoms with Crippen molar-refractivity contribution in [1.29, 1.82) is 0 Å². The number of nitrogens with one attached hydrogen (secondary N) is 1. The third-order valence-electron chi connectivity index (χ3n) is 3.84. The van der Waals surface area contributed by atoms with Gasteiger partial charge in [0, 0.05) is 13.1 Å². The number of likely N-dealkylation sites (tertiary alicyclic amines) is 1. The van der Waals surface area contributed by atoms with Gasteiger partial charge in [-0.25, -0.2) is 13.6 Å². The largest absolute Gasteiger partial charge is 0.316 e. The Kier molecular flexibility index (Phi) is 4.41. The standard InChI is InChI=1S/C11H23N3O2S/c12-17(15,16)11-4-2-6-14(9-11)8-10-3-1-5-13-7-10/h10-11,13H,1-9H2,(H2,12,15,16). The first-order chi connectivity index (χ1) is 8.05. The summed E-state index contributed by atoms with van der Waals surface area (Å²) in [6.45, 7) is 4.84. The molecule has 17 heavy (non-hydrogen) atoms. The third-order valence-corrected chi connectivity index (χ3v) is 5.16. The van der Waals surface area contributed by atoms with Crippen LogP contribution in [0.15, 0.2) is 0 Å². The van der Waals surface area contributed by atoms with Crippen LogP contribution in [0.2, 0.25) is 0 Å². The molecule has 0 aromatic heterocycles. The Labute approximate surface area is 104 Å². The summed E-state index contributed by atoms with van der Waals surface area (Å²) in [5.74, 6) is 0.669. The molecule has 0 aromatic carbocycles. The fourth-order valence-corrected chi connectivity index (χ4v) is 3.81. The van der Waals surface area contributed by atoms with Crippen LogP contribution in [0, 0.1) is 5.92 Å². The maximum absolute atomic E-state index is 11.4. The Bertz CT molecular complexity index is 339. The maximum Gasteiger partial charge on any atom is 0.213 e. The van der Waals surface area contributed by atoms with Crippen LogP contribution >= 0.6 is 0 Å².